The number of hydrogen-bond acceptors (Lipinski definition) is 2. The summed E-state index contributed by atoms with van der Waals surface area (Å²) >= 11 is 8.04. The van der Waals surface area contributed by atoms with Gasteiger partial charge in [-0.25, -0.2) is 0 Å². The molecule has 0 amide bonds. The number of hydrogen-bond donors (Lipinski definition) is 0. The average Bonchev–Trinajstić information content (AvgIpc) is 2.62. The third kappa shape index (κ3) is 2.41. The van der Waals surface area contributed by atoms with E-state index in [1.165, 1.54) is 0 Å². The normalized spacial score (nSPS) is 27.1. The molecule has 0 aliphatic carbocycles. The molecular formula is C9H12ClIN2O. The Bertz CT molecular complexity index is 309. The third-order valence-electron chi connectivity index (χ3n) is 2.39. The highest BCUT2D eigenvalue weighted by Crippen LogP contribution is 2.22. The van der Waals surface area contributed by atoms with E-state index in [-0.39, 0.29) is 0 Å². The van der Waals surface area contributed by atoms with Crippen molar-refractivity contribution >= 4 is 34.2 Å². The first-order valence-corrected chi connectivity index (χ1v) is 6.14. The molecule has 1 saturated heterocycles. The van der Waals surface area contributed by atoms with Crippen molar-refractivity contribution in [3.05, 3.63) is 14.9 Å². The summed E-state index contributed by atoms with van der Waals surface area (Å²) < 4.78 is 8.43. The van der Waals surface area contributed by atoms with Crippen molar-refractivity contribution in [2.45, 2.75) is 38.5 Å². The quantitative estimate of drug-likeness (QED) is 0.781. The highest BCUT2D eigenvalue weighted by Gasteiger charge is 2.22. The molecule has 78 valence electrons. The van der Waals surface area contributed by atoms with Gasteiger partial charge in [0.2, 0.25) is 0 Å². The molecule has 1 aromatic heterocycles. The molecule has 0 aromatic carbocycles. The van der Waals surface area contributed by atoms with Crippen molar-refractivity contribution < 1.29 is 4.74 Å². The van der Waals surface area contributed by atoms with Gasteiger partial charge in [0.1, 0.15) is 3.70 Å². The smallest absolute Gasteiger partial charge is 0.141 e. The van der Waals surface area contributed by atoms with E-state index < -0.39 is 0 Å². The molecule has 5 heteroatoms. The highest BCUT2D eigenvalue weighted by molar-refractivity contribution is 14.1. The van der Waals surface area contributed by atoms with E-state index in [4.69, 9.17) is 16.3 Å². The molecule has 14 heavy (non-hydrogen) atoms. The van der Waals surface area contributed by atoms with Crippen LogP contribution in [0.15, 0.2) is 6.20 Å². The molecule has 0 bridgehead atoms. The number of ether oxygens (including phenoxy) is 1. The SMILES string of the molecule is CC1CCC(Cn2cc(Cl)c(I)n2)O1. The number of aromatic nitrogens is 2. The summed E-state index contributed by atoms with van der Waals surface area (Å²) in [5, 5.41) is 5.01. The Morgan fingerprint density at radius 3 is 3.00 bits per heavy atom. The summed E-state index contributed by atoms with van der Waals surface area (Å²) in [5.41, 5.74) is 0. The van der Waals surface area contributed by atoms with Crippen molar-refractivity contribution in [2.24, 2.45) is 0 Å². The maximum Gasteiger partial charge on any atom is 0.141 e. The van der Waals surface area contributed by atoms with Crippen molar-refractivity contribution in [3.63, 3.8) is 0 Å². The standard InChI is InChI=1S/C9H12ClIN2O/c1-6-2-3-7(14-6)4-13-5-8(10)9(11)12-13/h5-7H,2-4H2,1H3. The minimum atomic E-state index is 0.303. The second-order valence-corrected chi connectivity index (χ2v) is 5.06. The van der Waals surface area contributed by atoms with E-state index in [9.17, 15) is 0 Å². The van der Waals surface area contributed by atoms with E-state index in [2.05, 4.69) is 34.6 Å². The number of rotatable bonds is 2. The Balaban J connectivity index is 1.97. The van der Waals surface area contributed by atoms with Crippen LogP contribution in [-0.2, 0) is 11.3 Å². The van der Waals surface area contributed by atoms with Gasteiger partial charge in [-0.2, -0.15) is 5.10 Å². The molecule has 2 atom stereocenters. The van der Waals surface area contributed by atoms with Gasteiger partial charge in [0, 0.05) is 6.20 Å². The summed E-state index contributed by atoms with van der Waals surface area (Å²) in [7, 11) is 0. The maximum absolute atomic E-state index is 5.91. The topological polar surface area (TPSA) is 27.1 Å². The molecule has 0 spiro atoms. The molecule has 1 fully saturated rings. The van der Waals surface area contributed by atoms with Gasteiger partial charge in [0.05, 0.1) is 23.8 Å². The third-order valence-corrected chi connectivity index (χ3v) is 3.78. The van der Waals surface area contributed by atoms with Crippen LogP contribution in [0, 0.1) is 3.70 Å². The van der Waals surface area contributed by atoms with Crippen LogP contribution in [-0.4, -0.2) is 22.0 Å². The predicted octanol–water partition coefficient (Wildman–Crippen LogP) is 2.71. The Morgan fingerprint density at radius 1 is 1.71 bits per heavy atom. The Morgan fingerprint density at radius 2 is 2.50 bits per heavy atom. The van der Waals surface area contributed by atoms with E-state index in [0.29, 0.717) is 12.2 Å². The number of halogens is 2. The Hall–Kier alpha value is 0.190. The maximum atomic E-state index is 5.91. The zero-order valence-corrected chi connectivity index (χ0v) is 10.8. The summed E-state index contributed by atoms with van der Waals surface area (Å²) in [5.74, 6) is 0. The van der Waals surface area contributed by atoms with Crippen LogP contribution in [0.3, 0.4) is 0 Å². The lowest BCUT2D eigenvalue weighted by molar-refractivity contribution is 0.0436. The van der Waals surface area contributed by atoms with Gasteiger partial charge in [-0.15, -0.1) is 0 Å². The van der Waals surface area contributed by atoms with Crippen LogP contribution in [0.2, 0.25) is 5.02 Å². The fraction of sp³-hybridized carbons (Fsp3) is 0.667. The number of nitrogens with zero attached hydrogens (tertiary/aromatic N) is 2. The van der Waals surface area contributed by atoms with Gasteiger partial charge in [0.15, 0.2) is 0 Å². The van der Waals surface area contributed by atoms with Crippen LogP contribution in [0.25, 0.3) is 0 Å². The molecule has 1 aliphatic heterocycles. The molecule has 2 heterocycles. The molecule has 2 unspecified atom stereocenters. The second kappa shape index (κ2) is 4.37. The molecule has 0 N–H and O–H groups in total. The zero-order chi connectivity index (χ0) is 10.1. The van der Waals surface area contributed by atoms with Gasteiger partial charge >= 0.3 is 0 Å². The summed E-state index contributed by atoms with van der Waals surface area (Å²) in [4.78, 5) is 0. The van der Waals surface area contributed by atoms with Gasteiger partial charge < -0.3 is 4.74 Å². The van der Waals surface area contributed by atoms with Crippen molar-refractivity contribution in [3.8, 4) is 0 Å². The molecule has 1 aromatic rings. The molecule has 0 radical (unpaired) electrons. The fourth-order valence-corrected chi connectivity index (χ4v) is 2.26. The first kappa shape index (κ1) is 10.7. The molecule has 2 rings (SSSR count). The van der Waals surface area contributed by atoms with Crippen LogP contribution < -0.4 is 0 Å². The van der Waals surface area contributed by atoms with Crippen molar-refractivity contribution in [2.75, 3.05) is 0 Å². The summed E-state index contributed by atoms with van der Waals surface area (Å²) in [6.45, 7) is 2.92. The first-order chi connectivity index (χ1) is 6.65. The predicted molar refractivity (Wildman–Crippen MR) is 63.5 cm³/mol. The van der Waals surface area contributed by atoms with Gasteiger partial charge in [-0.3, -0.25) is 4.68 Å². The van der Waals surface area contributed by atoms with Crippen LogP contribution >= 0.6 is 34.2 Å². The van der Waals surface area contributed by atoms with Crippen LogP contribution in [0.4, 0.5) is 0 Å². The Kier molecular flexibility index (Phi) is 3.34. The lowest BCUT2D eigenvalue weighted by Gasteiger charge is -2.10. The van der Waals surface area contributed by atoms with Gasteiger partial charge in [-0.1, -0.05) is 11.6 Å². The zero-order valence-electron chi connectivity index (χ0n) is 7.91. The lowest BCUT2D eigenvalue weighted by atomic mass is 10.2. The first-order valence-electron chi connectivity index (χ1n) is 4.69. The van der Waals surface area contributed by atoms with Crippen molar-refractivity contribution in [1.82, 2.24) is 9.78 Å². The molecule has 0 saturated carbocycles. The van der Waals surface area contributed by atoms with Crippen LogP contribution in [0.1, 0.15) is 19.8 Å². The van der Waals surface area contributed by atoms with Gasteiger partial charge in [-0.05, 0) is 42.4 Å². The highest BCUT2D eigenvalue weighted by atomic mass is 127. The summed E-state index contributed by atoms with van der Waals surface area (Å²) in [6, 6.07) is 0. The largest absolute Gasteiger partial charge is 0.373 e. The minimum absolute atomic E-state index is 0.303. The van der Waals surface area contributed by atoms with Crippen molar-refractivity contribution in [1.29, 1.82) is 0 Å². The second-order valence-electron chi connectivity index (χ2n) is 3.64. The van der Waals surface area contributed by atoms with E-state index in [0.717, 1.165) is 28.1 Å². The van der Waals surface area contributed by atoms with Gasteiger partial charge in [0.25, 0.3) is 0 Å². The molecule has 1 aliphatic rings. The molecular weight excluding hydrogens is 314 g/mol. The average molecular weight is 327 g/mol. The van der Waals surface area contributed by atoms with E-state index in [1.807, 2.05) is 10.9 Å². The monoisotopic (exact) mass is 326 g/mol. The summed E-state index contributed by atoms with van der Waals surface area (Å²) in [6.07, 6.45) is 4.82. The van der Waals surface area contributed by atoms with Crippen LogP contribution in [0.5, 0.6) is 0 Å². The van der Waals surface area contributed by atoms with E-state index in [1.54, 1.807) is 0 Å². The fourth-order valence-electron chi connectivity index (χ4n) is 1.70. The lowest BCUT2D eigenvalue weighted by Crippen LogP contribution is -2.16. The molecule has 3 nitrogen and oxygen atoms in total. The minimum Gasteiger partial charge on any atom is -0.373 e. The Labute approximate surface area is 102 Å². The van der Waals surface area contributed by atoms with E-state index >= 15 is 0 Å².